The zero-order chi connectivity index (χ0) is 18.3. The van der Waals surface area contributed by atoms with Crippen LogP contribution in [0.3, 0.4) is 0 Å². The van der Waals surface area contributed by atoms with Crippen LogP contribution in [0.4, 0.5) is 14.5 Å². The third-order valence-corrected chi connectivity index (χ3v) is 4.15. The molecule has 2 N–H and O–H groups in total. The first-order valence-corrected chi connectivity index (χ1v) is 7.50. The van der Waals surface area contributed by atoms with Crippen molar-refractivity contribution in [3.63, 3.8) is 0 Å². The molecule has 2 aromatic rings. The molecule has 1 amide bonds. The van der Waals surface area contributed by atoms with Crippen LogP contribution in [0.2, 0.25) is 0 Å². The largest absolute Gasteiger partial charge is 0.475 e. The van der Waals surface area contributed by atoms with E-state index in [-0.39, 0.29) is 35.5 Å². The second-order valence-corrected chi connectivity index (χ2v) is 5.80. The van der Waals surface area contributed by atoms with E-state index < -0.39 is 29.6 Å². The molecule has 1 unspecified atom stereocenters. The number of alkyl halides is 1. The average Bonchev–Trinajstić information content (AvgIpc) is 3.02. The highest BCUT2D eigenvalue weighted by molar-refractivity contribution is 6.41. The second kappa shape index (κ2) is 6.12. The van der Waals surface area contributed by atoms with Crippen LogP contribution in [0, 0.1) is 12.7 Å². The fraction of sp³-hybridized carbons (Fsp3) is 0.235. The molecule has 0 saturated carbocycles. The molecule has 1 atom stereocenters. The predicted octanol–water partition coefficient (Wildman–Crippen LogP) is 2.35. The molecule has 8 heteroatoms. The van der Waals surface area contributed by atoms with Gasteiger partial charge in [-0.3, -0.25) is 9.59 Å². The average molecular weight is 348 g/mol. The van der Waals surface area contributed by atoms with E-state index >= 15 is 0 Å². The number of amides is 1. The van der Waals surface area contributed by atoms with E-state index in [0.29, 0.717) is 5.69 Å². The van der Waals surface area contributed by atoms with Gasteiger partial charge in [-0.05, 0) is 36.8 Å². The van der Waals surface area contributed by atoms with Gasteiger partial charge < -0.3 is 15.0 Å². The first-order valence-electron chi connectivity index (χ1n) is 7.50. The Bertz CT molecular complexity index is 887. The molecular formula is C17H14F2N2O4. The maximum Gasteiger partial charge on any atom is 0.377 e. The third-order valence-electron chi connectivity index (χ3n) is 4.15. The first-order chi connectivity index (χ1) is 11.8. The number of benzene rings is 1. The topological polar surface area (TPSA) is 88.4 Å². The second-order valence-electron chi connectivity index (χ2n) is 5.80. The van der Waals surface area contributed by atoms with Crippen LogP contribution >= 0.6 is 0 Å². The number of nitrogens with zero attached hydrogens (tertiary/aromatic N) is 1. The molecule has 1 aromatic carbocycles. The molecule has 0 fully saturated rings. The number of anilines is 1. The number of hydrogen-bond acceptors (Lipinski definition) is 3. The number of carbonyl (C=O) groups is 3. The summed E-state index contributed by atoms with van der Waals surface area (Å²) < 4.78 is 28.1. The fourth-order valence-electron chi connectivity index (χ4n) is 3.12. The molecule has 0 aliphatic carbocycles. The van der Waals surface area contributed by atoms with E-state index in [1.807, 2.05) is 0 Å². The zero-order valence-corrected chi connectivity index (χ0v) is 13.2. The Kier molecular flexibility index (Phi) is 4.12. The van der Waals surface area contributed by atoms with Crippen LogP contribution in [0.1, 0.15) is 32.1 Å². The zero-order valence-electron chi connectivity index (χ0n) is 13.2. The van der Waals surface area contributed by atoms with Crippen LogP contribution in [0.25, 0.3) is 0 Å². The molecule has 6 nitrogen and oxygen atoms in total. The highest BCUT2D eigenvalue weighted by Gasteiger charge is 2.36. The Balaban J connectivity index is 2.03. The summed E-state index contributed by atoms with van der Waals surface area (Å²) in [4.78, 5) is 35.6. The van der Waals surface area contributed by atoms with Gasteiger partial charge in [0, 0.05) is 17.8 Å². The Labute approximate surface area is 141 Å². The number of carbonyl (C=O) groups excluding carboxylic acids is 2. The summed E-state index contributed by atoms with van der Waals surface area (Å²) in [6.07, 6.45) is -1.42. The van der Waals surface area contributed by atoms with Crippen molar-refractivity contribution in [3.8, 4) is 0 Å². The lowest BCUT2D eigenvalue weighted by Crippen LogP contribution is -2.19. The summed E-state index contributed by atoms with van der Waals surface area (Å²) in [7, 11) is 0. The lowest BCUT2D eigenvalue weighted by Gasteiger charge is -2.09. The summed E-state index contributed by atoms with van der Waals surface area (Å²) in [6.45, 7) is 1.32. The van der Waals surface area contributed by atoms with Crippen LogP contribution in [0.15, 0.2) is 24.3 Å². The van der Waals surface area contributed by atoms with Gasteiger partial charge in [0.25, 0.3) is 11.7 Å². The van der Waals surface area contributed by atoms with Crippen LogP contribution in [-0.2, 0) is 17.8 Å². The van der Waals surface area contributed by atoms with Gasteiger partial charge in [-0.15, -0.1) is 0 Å². The van der Waals surface area contributed by atoms with E-state index in [9.17, 15) is 23.2 Å². The van der Waals surface area contributed by atoms with Crippen LogP contribution in [0.5, 0.6) is 0 Å². The maximum absolute atomic E-state index is 13.8. The number of nitrogens with one attached hydrogen (secondary N) is 1. The molecule has 0 radical (unpaired) electrons. The maximum atomic E-state index is 13.8. The van der Waals surface area contributed by atoms with Crippen molar-refractivity contribution in [2.45, 2.75) is 26.1 Å². The van der Waals surface area contributed by atoms with Crippen LogP contribution < -0.4 is 5.32 Å². The quantitative estimate of drug-likeness (QED) is 0.656. The molecule has 130 valence electrons. The molecule has 1 aliphatic heterocycles. The number of rotatable bonds is 4. The van der Waals surface area contributed by atoms with E-state index in [1.165, 1.54) is 35.8 Å². The smallest absolute Gasteiger partial charge is 0.377 e. The predicted molar refractivity (Wildman–Crippen MR) is 84.1 cm³/mol. The molecule has 25 heavy (non-hydrogen) atoms. The summed E-state index contributed by atoms with van der Waals surface area (Å²) in [5.41, 5.74) is 0.610. The highest BCUT2D eigenvalue weighted by atomic mass is 19.1. The number of aliphatic carboxylic acids is 1. The SMILES string of the molecule is Cc1c(C(=O)C(=O)O)c2n(c1C(=O)Nc1ccc(F)cc1)CC(F)C2. The van der Waals surface area contributed by atoms with Gasteiger partial charge in [0.15, 0.2) is 0 Å². The number of carboxylic acids is 1. The lowest BCUT2D eigenvalue weighted by molar-refractivity contribution is -0.131. The number of halogens is 2. The molecule has 0 bridgehead atoms. The molecule has 0 saturated heterocycles. The highest BCUT2D eigenvalue weighted by Crippen LogP contribution is 2.31. The van der Waals surface area contributed by atoms with Gasteiger partial charge in [-0.1, -0.05) is 0 Å². The van der Waals surface area contributed by atoms with E-state index in [0.717, 1.165) is 0 Å². The van der Waals surface area contributed by atoms with E-state index in [2.05, 4.69) is 5.32 Å². The third kappa shape index (κ3) is 2.90. The van der Waals surface area contributed by atoms with E-state index in [1.54, 1.807) is 0 Å². The van der Waals surface area contributed by atoms with Crippen LogP contribution in [-0.4, -0.2) is 33.5 Å². The Morgan fingerprint density at radius 2 is 1.88 bits per heavy atom. The van der Waals surface area contributed by atoms with Crippen molar-refractivity contribution in [3.05, 3.63) is 52.6 Å². The molecule has 0 spiro atoms. The molecule has 2 heterocycles. The van der Waals surface area contributed by atoms with Gasteiger partial charge in [0.1, 0.15) is 17.7 Å². The number of Topliss-reactive ketones (excluding diaryl/α,β-unsaturated/α-hetero) is 1. The Morgan fingerprint density at radius 3 is 2.48 bits per heavy atom. The van der Waals surface area contributed by atoms with Crippen molar-refractivity contribution in [2.75, 3.05) is 5.32 Å². The van der Waals surface area contributed by atoms with Crippen molar-refractivity contribution in [1.29, 1.82) is 0 Å². The van der Waals surface area contributed by atoms with Crippen molar-refractivity contribution < 1.29 is 28.3 Å². The van der Waals surface area contributed by atoms with Gasteiger partial charge >= 0.3 is 5.97 Å². The minimum atomic E-state index is -1.66. The van der Waals surface area contributed by atoms with Gasteiger partial charge in [0.2, 0.25) is 0 Å². The number of hydrogen-bond donors (Lipinski definition) is 2. The van der Waals surface area contributed by atoms with E-state index in [4.69, 9.17) is 5.11 Å². The number of aromatic nitrogens is 1. The van der Waals surface area contributed by atoms with Gasteiger partial charge in [0.05, 0.1) is 12.1 Å². The Hall–Kier alpha value is -3.03. The van der Waals surface area contributed by atoms with Gasteiger partial charge in [-0.25, -0.2) is 13.6 Å². The lowest BCUT2D eigenvalue weighted by atomic mass is 10.0. The van der Waals surface area contributed by atoms with Crippen molar-refractivity contribution in [1.82, 2.24) is 4.57 Å². The Morgan fingerprint density at radius 1 is 1.24 bits per heavy atom. The van der Waals surface area contributed by atoms with Crippen molar-refractivity contribution >= 4 is 23.3 Å². The molecule has 1 aromatic heterocycles. The number of carboxylic acid groups (broad SMARTS) is 1. The minimum absolute atomic E-state index is 0.0316. The minimum Gasteiger partial charge on any atom is -0.475 e. The van der Waals surface area contributed by atoms with Crippen molar-refractivity contribution in [2.24, 2.45) is 0 Å². The summed E-state index contributed by atoms with van der Waals surface area (Å²) in [5, 5.41) is 11.5. The fourth-order valence-corrected chi connectivity index (χ4v) is 3.12. The summed E-state index contributed by atoms with van der Waals surface area (Å²) in [5.74, 6) is -3.92. The monoisotopic (exact) mass is 348 g/mol. The number of ketones is 1. The first kappa shape index (κ1) is 16.8. The molecular weight excluding hydrogens is 334 g/mol. The standard InChI is InChI=1S/C17H14F2N2O4/c1-8-13(15(22)17(24)25)12-6-10(19)7-21(12)14(8)16(23)20-11-4-2-9(18)3-5-11/h2-5,10H,6-7H2,1H3,(H,20,23)(H,24,25). The molecule has 3 rings (SSSR count). The number of fused-ring (bicyclic) bond motifs is 1. The normalized spacial score (nSPS) is 15.7. The van der Waals surface area contributed by atoms with Gasteiger partial charge in [-0.2, -0.15) is 0 Å². The molecule has 1 aliphatic rings. The summed E-state index contributed by atoms with van der Waals surface area (Å²) in [6, 6.07) is 5.05. The summed E-state index contributed by atoms with van der Waals surface area (Å²) >= 11 is 0.